The molecule has 116 valence electrons. The van der Waals surface area contributed by atoms with E-state index >= 15 is 0 Å². The number of hydrogen-bond acceptors (Lipinski definition) is 2. The molecular weight excluding hydrogens is 310 g/mol. The van der Waals surface area contributed by atoms with Crippen LogP contribution in [0.25, 0.3) is 10.9 Å². The average Bonchev–Trinajstić information content (AvgIpc) is 3.05. The molecule has 0 aliphatic heterocycles. The quantitative estimate of drug-likeness (QED) is 0.759. The standard InChI is InChI=1S/C18H16ClN3O/c19-12-5-6-14-11(7-12)9-16(18(21)23)22(14)15-8-10-3-1-2-4-13(10)17(15)20/h1-7,9,15,17H,8,20H2,(H2,21,23)/t15-,17-/m1/s1. The Balaban J connectivity index is 1.92. The molecule has 0 unspecified atom stereocenters. The third-order valence-electron chi connectivity index (χ3n) is 4.64. The van der Waals surface area contributed by atoms with E-state index < -0.39 is 5.91 Å². The van der Waals surface area contributed by atoms with Crippen LogP contribution in [0.2, 0.25) is 5.02 Å². The molecular formula is C18H16ClN3O. The number of amides is 1. The molecule has 0 saturated carbocycles. The van der Waals surface area contributed by atoms with Crippen LogP contribution in [0, 0.1) is 0 Å². The molecule has 0 bridgehead atoms. The van der Waals surface area contributed by atoms with E-state index in [0.717, 1.165) is 22.9 Å². The fourth-order valence-electron chi connectivity index (χ4n) is 3.61. The van der Waals surface area contributed by atoms with Crippen LogP contribution in [0.15, 0.2) is 48.5 Å². The van der Waals surface area contributed by atoms with Crippen molar-refractivity contribution in [2.45, 2.75) is 18.5 Å². The number of fused-ring (bicyclic) bond motifs is 2. The van der Waals surface area contributed by atoms with Crippen LogP contribution in [-0.4, -0.2) is 10.5 Å². The number of carbonyl (C=O) groups excluding carboxylic acids is 1. The van der Waals surface area contributed by atoms with Gasteiger partial charge in [0, 0.05) is 15.9 Å². The van der Waals surface area contributed by atoms with Crippen molar-refractivity contribution in [3.8, 4) is 0 Å². The number of benzene rings is 2. The monoisotopic (exact) mass is 325 g/mol. The Hall–Kier alpha value is -2.30. The Labute approximate surface area is 138 Å². The Kier molecular flexibility index (Phi) is 3.18. The smallest absolute Gasteiger partial charge is 0.265 e. The van der Waals surface area contributed by atoms with Gasteiger partial charge in [-0.1, -0.05) is 35.9 Å². The highest BCUT2D eigenvalue weighted by atomic mass is 35.5. The highest BCUT2D eigenvalue weighted by Crippen LogP contribution is 2.40. The van der Waals surface area contributed by atoms with Gasteiger partial charge in [-0.05, 0) is 41.8 Å². The van der Waals surface area contributed by atoms with Crippen LogP contribution in [-0.2, 0) is 6.42 Å². The third-order valence-corrected chi connectivity index (χ3v) is 4.88. The van der Waals surface area contributed by atoms with Crippen LogP contribution >= 0.6 is 11.6 Å². The highest BCUT2D eigenvalue weighted by molar-refractivity contribution is 6.31. The summed E-state index contributed by atoms with van der Waals surface area (Å²) in [6.07, 6.45) is 0.782. The molecule has 4 N–H and O–H groups in total. The first-order valence-corrected chi connectivity index (χ1v) is 7.88. The molecule has 0 fully saturated rings. The van der Waals surface area contributed by atoms with E-state index in [1.807, 2.05) is 41.0 Å². The van der Waals surface area contributed by atoms with Gasteiger partial charge in [-0.25, -0.2) is 0 Å². The van der Waals surface area contributed by atoms with Crippen molar-refractivity contribution in [3.05, 3.63) is 70.4 Å². The van der Waals surface area contributed by atoms with Crippen LogP contribution in [0.3, 0.4) is 0 Å². The van der Waals surface area contributed by atoms with Gasteiger partial charge in [-0.15, -0.1) is 0 Å². The Bertz CT molecular complexity index is 931. The van der Waals surface area contributed by atoms with E-state index in [2.05, 4.69) is 6.07 Å². The zero-order chi connectivity index (χ0) is 16.1. The largest absolute Gasteiger partial charge is 0.364 e. The van der Waals surface area contributed by atoms with Crippen LogP contribution in [0.1, 0.15) is 33.7 Å². The minimum atomic E-state index is -0.458. The minimum Gasteiger partial charge on any atom is -0.364 e. The van der Waals surface area contributed by atoms with Gasteiger partial charge in [0.2, 0.25) is 0 Å². The predicted molar refractivity (Wildman–Crippen MR) is 91.6 cm³/mol. The molecule has 0 saturated heterocycles. The van der Waals surface area contributed by atoms with E-state index in [1.165, 1.54) is 5.56 Å². The van der Waals surface area contributed by atoms with Crippen molar-refractivity contribution >= 4 is 28.4 Å². The van der Waals surface area contributed by atoms with Gasteiger partial charge in [0.1, 0.15) is 5.69 Å². The molecule has 4 nitrogen and oxygen atoms in total. The van der Waals surface area contributed by atoms with Crippen LogP contribution in [0.4, 0.5) is 0 Å². The Morgan fingerprint density at radius 3 is 2.70 bits per heavy atom. The first-order chi connectivity index (χ1) is 11.1. The lowest BCUT2D eigenvalue weighted by atomic mass is 10.1. The van der Waals surface area contributed by atoms with Gasteiger partial charge < -0.3 is 16.0 Å². The SMILES string of the molecule is NC(=O)c1cc2cc(Cl)ccc2n1[C@@H]1Cc2ccccc2[C@H]1N. The molecule has 1 amide bonds. The van der Waals surface area contributed by atoms with Crippen molar-refractivity contribution in [2.75, 3.05) is 0 Å². The lowest BCUT2D eigenvalue weighted by Gasteiger charge is -2.21. The highest BCUT2D eigenvalue weighted by Gasteiger charge is 2.33. The van der Waals surface area contributed by atoms with Gasteiger partial charge in [0.25, 0.3) is 5.91 Å². The predicted octanol–water partition coefficient (Wildman–Crippen LogP) is 3.19. The number of hydrogen-bond donors (Lipinski definition) is 2. The second kappa shape index (κ2) is 5.11. The van der Waals surface area contributed by atoms with E-state index in [0.29, 0.717) is 10.7 Å². The van der Waals surface area contributed by atoms with E-state index in [1.54, 1.807) is 6.07 Å². The topological polar surface area (TPSA) is 74.0 Å². The van der Waals surface area contributed by atoms with E-state index in [9.17, 15) is 4.79 Å². The van der Waals surface area contributed by atoms with E-state index in [-0.39, 0.29) is 12.1 Å². The maximum Gasteiger partial charge on any atom is 0.265 e. The number of primary amides is 1. The summed E-state index contributed by atoms with van der Waals surface area (Å²) in [5.74, 6) is -0.458. The number of rotatable bonds is 2. The second-order valence-corrected chi connectivity index (χ2v) is 6.40. The Morgan fingerprint density at radius 1 is 1.17 bits per heavy atom. The Morgan fingerprint density at radius 2 is 1.96 bits per heavy atom. The number of nitrogens with zero attached hydrogens (tertiary/aromatic N) is 1. The first-order valence-electron chi connectivity index (χ1n) is 7.50. The summed E-state index contributed by atoms with van der Waals surface area (Å²) in [5, 5.41) is 1.53. The molecule has 0 spiro atoms. The lowest BCUT2D eigenvalue weighted by molar-refractivity contribution is 0.0989. The fourth-order valence-corrected chi connectivity index (χ4v) is 3.79. The lowest BCUT2D eigenvalue weighted by Crippen LogP contribution is -2.25. The molecule has 2 aromatic carbocycles. The zero-order valence-electron chi connectivity index (χ0n) is 12.4. The number of nitrogens with two attached hydrogens (primary N) is 2. The summed E-state index contributed by atoms with van der Waals surface area (Å²) >= 11 is 6.07. The number of carbonyl (C=O) groups is 1. The average molecular weight is 326 g/mol. The molecule has 23 heavy (non-hydrogen) atoms. The van der Waals surface area contributed by atoms with Crippen molar-refractivity contribution in [1.82, 2.24) is 4.57 Å². The van der Waals surface area contributed by atoms with Gasteiger partial charge in [-0.3, -0.25) is 4.79 Å². The van der Waals surface area contributed by atoms with Crippen molar-refractivity contribution in [3.63, 3.8) is 0 Å². The third kappa shape index (κ3) is 2.14. The summed E-state index contributed by atoms with van der Waals surface area (Å²) in [7, 11) is 0. The number of aromatic nitrogens is 1. The summed E-state index contributed by atoms with van der Waals surface area (Å²) in [4.78, 5) is 11.9. The van der Waals surface area contributed by atoms with Crippen molar-refractivity contribution in [1.29, 1.82) is 0 Å². The summed E-state index contributed by atoms with van der Waals surface area (Å²) in [5.41, 5.74) is 15.8. The molecule has 3 aromatic rings. The van der Waals surface area contributed by atoms with Gasteiger partial charge in [0.15, 0.2) is 0 Å². The molecule has 5 heteroatoms. The molecule has 2 atom stereocenters. The zero-order valence-corrected chi connectivity index (χ0v) is 13.1. The maximum absolute atomic E-state index is 11.9. The fraction of sp³-hybridized carbons (Fsp3) is 0.167. The first kappa shape index (κ1) is 14.3. The molecule has 1 heterocycles. The van der Waals surface area contributed by atoms with Crippen LogP contribution in [0.5, 0.6) is 0 Å². The summed E-state index contributed by atoms with van der Waals surface area (Å²) in [6.45, 7) is 0. The molecule has 1 aliphatic carbocycles. The summed E-state index contributed by atoms with van der Waals surface area (Å²) < 4.78 is 1.97. The molecule has 1 aliphatic rings. The second-order valence-electron chi connectivity index (χ2n) is 5.96. The molecule has 0 radical (unpaired) electrons. The maximum atomic E-state index is 11.9. The normalized spacial score (nSPS) is 19.9. The molecule has 1 aromatic heterocycles. The van der Waals surface area contributed by atoms with Crippen molar-refractivity contribution in [2.24, 2.45) is 11.5 Å². The molecule has 4 rings (SSSR count). The van der Waals surface area contributed by atoms with E-state index in [4.69, 9.17) is 23.1 Å². The minimum absolute atomic E-state index is 0.0337. The van der Waals surface area contributed by atoms with Crippen LogP contribution < -0.4 is 11.5 Å². The van der Waals surface area contributed by atoms with Gasteiger partial charge in [-0.2, -0.15) is 0 Å². The summed E-state index contributed by atoms with van der Waals surface area (Å²) in [6, 6.07) is 15.3. The van der Waals surface area contributed by atoms with Gasteiger partial charge in [0.05, 0.1) is 12.1 Å². The van der Waals surface area contributed by atoms with Crippen molar-refractivity contribution < 1.29 is 4.79 Å². The number of halogens is 1. The van der Waals surface area contributed by atoms with Gasteiger partial charge >= 0.3 is 0 Å².